The SMILES string of the molecule is OC[C@H]1O[C@H](Oc2c[nH]c3c(Cl)c(Cl)ccc23)[C@@H](O)[C@@H](O)[C@@H]1O. The molecule has 0 unspecified atom stereocenters. The normalized spacial score (nSPS) is 31.5. The largest absolute Gasteiger partial charge is 0.460 e. The fourth-order valence-electron chi connectivity index (χ4n) is 2.50. The molecule has 5 atom stereocenters. The first-order chi connectivity index (χ1) is 10.9. The first-order valence-electron chi connectivity index (χ1n) is 6.86. The molecule has 0 radical (unpaired) electrons. The maximum atomic E-state index is 9.99. The van der Waals surface area contributed by atoms with Gasteiger partial charge in [-0.15, -0.1) is 0 Å². The smallest absolute Gasteiger partial charge is 0.229 e. The topological polar surface area (TPSA) is 115 Å². The number of H-pyrrole nitrogens is 1. The monoisotopic (exact) mass is 363 g/mol. The van der Waals surface area contributed by atoms with Crippen LogP contribution in [0.2, 0.25) is 10.0 Å². The van der Waals surface area contributed by atoms with Gasteiger partial charge < -0.3 is 34.9 Å². The van der Waals surface area contributed by atoms with Gasteiger partial charge in [-0.3, -0.25) is 0 Å². The van der Waals surface area contributed by atoms with Crippen molar-refractivity contribution in [2.24, 2.45) is 0 Å². The summed E-state index contributed by atoms with van der Waals surface area (Å²) in [4.78, 5) is 2.91. The lowest BCUT2D eigenvalue weighted by Gasteiger charge is -2.39. The average Bonchev–Trinajstić information content (AvgIpc) is 2.95. The van der Waals surface area contributed by atoms with Crippen LogP contribution < -0.4 is 4.74 Å². The number of nitrogens with one attached hydrogen (secondary N) is 1. The Morgan fingerprint density at radius 1 is 1.13 bits per heavy atom. The zero-order chi connectivity index (χ0) is 16.7. The van der Waals surface area contributed by atoms with Gasteiger partial charge in [0.05, 0.1) is 22.2 Å². The van der Waals surface area contributed by atoms with Gasteiger partial charge in [0.2, 0.25) is 6.29 Å². The molecule has 1 aliphatic heterocycles. The van der Waals surface area contributed by atoms with Gasteiger partial charge in [-0.1, -0.05) is 23.2 Å². The molecular weight excluding hydrogens is 349 g/mol. The highest BCUT2D eigenvalue weighted by Crippen LogP contribution is 2.36. The summed E-state index contributed by atoms with van der Waals surface area (Å²) in [6.45, 7) is -0.528. The van der Waals surface area contributed by atoms with E-state index in [0.29, 0.717) is 26.7 Å². The Balaban J connectivity index is 1.88. The molecular formula is C14H15Cl2NO6. The van der Waals surface area contributed by atoms with Crippen molar-refractivity contribution in [2.45, 2.75) is 30.7 Å². The second kappa shape index (κ2) is 6.45. The number of hydrogen-bond donors (Lipinski definition) is 5. The zero-order valence-electron chi connectivity index (χ0n) is 11.7. The molecule has 1 aromatic heterocycles. The van der Waals surface area contributed by atoms with Crippen molar-refractivity contribution in [3.05, 3.63) is 28.4 Å². The van der Waals surface area contributed by atoms with Crippen molar-refractivity contribution in [3.63, 3.8) is 0 Å². The van der Waals surface area contributed by atoms with Crippen LogP contribution in [0.5, 0.6) is 5.75 Å². The molecule has 1 fully saturated rings. The van der Waals surface area contributed by atoms with Crippen LogP contribution in [0.3, 0.4) is 0 Å². The van der Waals surface area contributed by atoms with Crippen molar-refractivity contribution >= 4 is 34.1 Å². The molecule has 3 rings (SSSR count). The fourth-order valence-corrected chi connectivity index (χ4v) is 2.88. The van der Waals surface area contributed by atoms with Crippen molar-refractivity contribution in [3.8, 4) is 5.75 Å². The van der Waals surface area contributed by atoms with Crippen molar-refractivity contribution in [2.75, 3.05) is 6.61 Å². The third-order valence-corrected chi connectivity index (χ3v) is 4.60. The lowest BCUT2D eigenvalue weighted by atomic mass is 9.99. The Hall–Kier alpha value is -1.06. The second-order valence-corrected chi connectivity index (χ2v) is 6.04. The highest BCUT2D eigenvalue weighted by atomic mass is 35.5. The van der Waals surface area contributed by atoms with Gasteiger partial charge in [-0.05, 0) is 12.1 Å². The molecule has 1 aromatic carbocycles. The molecule has 2 heterocycles. The Labute approximate surface area is 141 Å². The Morgan fingerprint density at radius 2 is 1.87 bits per heavy atom. The number of ether oxygens (including phenoxy) is 2. The van der Waals surface area contributed by atoms with Gasteiger partial charge >= 0.3 is 0 Å². The van der Waals surface area contributed by atoms with Gasteiger partial charge in [0.1, 0.15) is 30.2 Å². The summed E-state index contributed by atoms with van der Waals surface area (Å²) in [5, 5.41) is 40.0. The van der Waals surface area contributed by atoms with Crippen molar-refractivity contribution < 1.29 is 29.9 Å². The predicted octanol–water partition coefficient (Wildman–Crippen LogP) is 0.653. The van der Waals surface area contributed by atoms with Gasteiger partial charge in [-0.25, -0.2) is 0 Å². The minimum atomic E-state index is -1.51. The maximum absolute atomic E-state index is 9.99. The lowest BCUT2D eigenvalue weighted by Crippen LogP contribution is -2.60. The molecule has 0 spiro atoms. The minimum absolute atomic E-state index is 0.322. The van der Waals surface area contributed by atoms with Crippen LogP contribution in [0.1, 0.15) is 0 Å². The van der Waals surface area contributed by atoms with E-state index < -0.39 is 37.3 Å². The van der Waals surface area contributed by atoms with E-state index in [4.69, 9.17) is 32.7 Å². The number of rotatable bonds is 3. The van der Waals surface area contributed by atoms with Gasteiger partial charge in [0.25, 0.3) is 0 Å². The van der Waals surface area contributed by atoms with Crippen LogP contribution in [0, 0.1) is 0 Å². The number of halogens is 2. The summed E-state index contributed by atoms with van der Waals surface area (Å²) in [6, 6.07) is 3.28. The van der Waals surface area contributed by atoms with E-state index in [1.54, 1.807) is 12.1 Å². The quantitative estimate of drug-likeness (QED) is 0.547. The third-order valence-electron chi connectivity index (χ3n) is 3.80. The second-order valence-electron chi connectivity index (χ2n) is 5.25. The molecule has 0 aliphatic carbocycles. The van der Waals surface area contributed by atoms with Crippen LogP contribution in [0.25, 0.3) is 10.9 Å². The first-order valence-corrected chi connectivity index (χ1v) is 7.62. The van der Waals surface area contributed by atoms with E-state index in [0.717, 1.165) is 0 Å². The molecule has 1 saturated heterocycles. The Bertz CT molecular complexity index is 706. The van der Waals surface area contributed by atoms with Crippen LogP contribution in [0.4, 0.5) is 0 Å². The number of aromatic amines is 1. The number of hydrogen-bond acceptors (Lipinski definition) is 6. The van der Waals surface area contributed by atoms with Crippen LogP contribution >= 0.6 is 23.2 Å². The van der Waals surface area contributed by atoms with Gasteiger partial charge in [0.15, 0.2) is 0 Å². The van der Waals surface area contributed by atoms with E-state index >= 15 is 0 Å². The van der Waals surface area contributed by atoms with E-state index in [2.05, 4.69) is 4.98 Å². The molecule has 0 bridgehead atoms. The van der Waals surface area contributed by atoms with Gasteiger partial charge in [-0.2, -0.15) is 0 Å². The van der Waals surface area contributed by atoms with Crippen LogP contribution in [-0.2, 0) is 4.74 Å². The third kappa shape index (κ3) is 2.89. The molecule has 9 heteroatoms. The summed E-state index contributed by atoms with van der Waals surface area (Å²) in [6.07, 6.45) is -5.23. The van der Waals surface area contributed by atoms with E-state index in [1.165, 1.54) is 6.20 Å². The molecule has 7 nitrogen and oxygen atoms in total. The highest BCUT2D eigenvalue weighted by molar-refractivity contribution is 6.45. The molecule has 0 amide bonds. The Morgan fingerprint density at radius 3 is 2.57 bits per heavy atom. The predicted molar refractivity (Wildman–Crippen MR) is 82.7 cm³/mol. The number of aliphatic hydroxyl groups excluding tert-OH is 4. The summed E-state index contributed by atoms with van der Waals surface area (Å²) < 4.78 is 10.9. The molecule has 5 N–H and O–H groups in total. The lowest BCUT2D eigenvalue weighted by molar-refractivity contribution is -0.277. The molecule has 126 valence electrons. The minimum Gasteiger partial charge on any atom is -0.460 e. The summed E-state index contributed by atoms with van der Waals surface area (Å²) in [7, 11) is 0. The highest BCUT2D eigenvalue weighted by Gasteiger charge is 2.44. The van der Waals surface area contributed by atoms with Crippen LogP contribution in [0.15, 0.2) is 18.3 Å². The van der Waals surface area contributed by atoms with E-state index in [-0.39, 0.29) is 0 Å². The number of fused-ring (bicyclic) bond motifs is 1. The van der Waals surface area contributed by atoms with Crippen molar-refractivity contribution in [1.82, 2.24) is 4.98 Å². The Kier molecular flexibility index (Phi) is 4.70. The fraction of sp³-hybridized carbons (Fsp3) is 0.429. The van der Waals surface area contributed by atoms with Gasteiger partial charge in [0, 0.05) is 11.6 Å². The summed E-state index contributed by atoms with van der Waals surface area (Å²) in [5.74, 6) is 0.322. The summed E-state index contributed by atoms with van der Waals surface area (Å²) in [5.41, 5.74) is 0.554. The van der Waals surface area contributed by atoms with Crippen LogP contribution in [-0.4, -0.2) is 62.7 Å². The summed E-state index contributed by atoms with van der Waals surface area (Å²) >= 11 is 12.0. The molecule has 1 aliphatic rings. The number of aromatic nitrogens is 1. The zero-order valence-corrected chi connectivity index (χ0v) is 13.2. The first kappa shape index (κ1) is 16.8. The maximum Gasteiger partial charge on any atom is 0.229 e. The molecule has 0 saturated carbocycles. The molecule has 23 heavy (non-hydrogen) atoms. The van der Waals surface area contributed by atoms with E-state index in [9.17, 15) is 20.4 Å². The number of aliphatic hydroxyl groups is 4. The van der Waals surface area contributed by atoms with Crippen molar-refractivity contribution in [1.29, 1.82) is 0 Å². The molecule has 2 aromatic rings. The number of benzene rings is 1. The standard InChI is InChI=1S/C14H15Cl2NO6/c15-6-2-1-5-7(3-17-10(5)9(6)16)22-14-13(21)12(20)11(19)8(4-18)23-14/h1-3,8,11-14,17-21H,4H2/t8-,11-,12+,13+,14+/m1/s1. The average molecular weight is 364 g/mol. The van der Waals surface area contributed by atoms with E-state index in [1.807, 2.05) is 0 Å².